The van der Waals surface area contributed by atoms with Crippen LogP contribution in [0.15, 0.2) is 53.1 Å². The summed E-state index contributed by atoms with van der Waals surface area (Å²) in [6.45, 7) is 0.474. The van der Waals surface area contributed by atoms with Gasteiger partial charge in [-0.1, -0.05) is 35.3 Å². The van der Waals surface area contributed by atoms with Gasteiger partial charge in [-0.3, -0.25) is 4.79 Å². The number of hydrogen-bond acceptors (Lipinski definition) is 3. The molecule has 0 aliphatic rings. The van der Waals surface area contributed by atoms with Crippen LogP contribution in [-0.2, 0) is 17.6 Å². The first kappa shape index (κ1) is 19.4. The number of oxazole rings is 1. The molecule has 2 aromatic carbocycles. The molecule has 140 valence electrons. The summed E-state index contributed by atoms with van der Waals surface area (Å²) in [5.41, 5.74) is 1.30. The van der Waals surface area contributed by atoms with Crippen molar-refractivity contribution < 1.29 is 13.6 Å². The van der Waals surface area contributed by atoms with E-state index in [1.165, 1.54) is 12.3 Å². The molecule has 1 amide bonds. The molecule has 0 bridgehead atoms. The second kappa shape index (κ2) is 9.02. The number of carbonyl (C=O) groups is 1. The fraction of sp³-hybridized carbons (Fsp3) is 0.200. The molecule has 0 saturated heterocycles. The van der Waals surface area contributed by atoms with Crippen LogP contribution in [0.3, 0.4) is 0 Å². The van der Waals surface area contributed by atoms with Gasteiger partial charge in [-0.05, 0) is 42.3 Å². The van der Waals surface area contributed by atoms with E-state index < -0.39 is 0 Å². The molecule has 0 unspecified atom stereocenters. The van der Waals surface area contributed by atoms with Crippen molar-refractivity contribution in [3.05, 3.63) is 76.0 Å². The predicted octanol–water partition coefficient (Wildman–Crippen LogP) is 5.08. The maximum absolute atomic E-state index is 13.8. The fourth-order valence-electron chi connectivity index (χ4n) is 2.62. The van der Waals surface area contributed by atoms with E-state index in [0.717, 1.165) is 5.56 Å². The molecular formula is C20H17Cl2FN2O2. The lowest BCUT2D eigenvalue weighted by atomic mass is 10.1. The maximum atomic E-state index is 13.8. The summed E-state index contributed by atoms with van der Waals surface area (Å²) in [5.74, 6) is 0.249. The first-order valence-electron chi connectivity index (χ1n) is 8.42. The first-order chi connectivity index (χ1) is 13.0. The molecule has 0 aliphatic carbocycles. The van der Waals surface area contributed by atoms with E-state index in [0.29, 0.717) is 46.6 Å². The number of benzene rings is 2. The molecule has 1 N–H and O–H groups in total. The highest BCUT2D eigenvalue weighted by Gasteiger charge is 2.11. The topological polar surface area (TPSA) is 55.1 Å². The molecule has 7 heteroatoms. The number of nitrogens with zero attached hydrogens (tertiary/aromatic N) is 1. The Kier molecular flexibility index (Phi) is 6.48. The zero-order valence-corrected chi connectivity index (χ0v) is 15.9. The minimum Gasteiger partial charge on any atom is -0.441 e. The normalized spacial score (nSPS) is 10.8. The minimum absolute atomic E-state index is 0.117. The van der Waals surface area contributed by atoms with E-state index in [9.17, 15) is 9.18 Å². The molecule has 3 aromatic rings. The lowest BCUT2D eigenvalue weighted by Gasteiger charge is -2.06. The van der Waals surface area contributed by atoms with Gasteiger partial charge in [0, 0.05) is 29.4 Å². The summed E-state index contributed by atoms with van der Waals surface area (Å²) in [7, 11) is 0. The number of nitrogens with one attached hydrogen (secondary N) is 1. The molecule has 0 atom stereocenters. The van der Waals surface area contributed by atoms with Gasteiger partial charge in [0.1, 0.15) is 5.82 Å². The summed E-state index contributed by atoms with van der Waals surface area (Å²) in [5, 5.41) is 3.97. The van der Waals surface area contributed by atoms with Gasteiger partial charge in [-0.15, -0.1) is 0 Å². The predicted molar refractivity (Wildman–Crippen MR) is 103 cm³/mol. The zero-order chi connectivity index (χ0) is 19.2. The van der Waals surface area contributed by atoms with Gasteiger partial charge in [0.25, 0.3) is 0 Å². The van der Waals surface area contributed by atoms with Crippen LogP contribution in [-0.4, -0.2) is 17.4 Å². The molecule has 27 heavy (non-hydrogen) atoms. The molecule has 1 aromatic heterocycles. The Labute approximate surface area is 166 Å². The summed E-state index contributed by atoms with van der Waals surface area (Å²) in [4.78, 5) is 16.1. The second-order valence-corrected chi connectivity index (χ2v) is 6.85. The summed E-state index contributed by atoms with van der Waals surface area (Å²) in [6, 6.07) is 11.6. The van der Waals surface area contributed by atoms with Crippen LogP contribution in [0, 0.1) is 5.82 Å². The number of hydrogen-bond donors (Lipinski definition) is 1. The maximum Gasteiger partial charge on any atom is 0.220 e. The van der Waals surface area contributed by atoms with Crippen LogP contribution in [0.2, 0.25) is 10.0 Å². The number of aryl methyl sites for hydroxylation is 1. The Hall–Kier alpha value is -2.37. The Balaban J connectivity index is 1.46. The smallest absolute Gasteiger partial charge is 0.220 e. The summed E-state index contributed by atoms with van der Waals surface area (Å²) in [6.07, 6.45) is 2.66. The Bertz CT molecular complexity index is 923. The third-order valence-electron chi connectivity index (χ3n) is 3.92. The molecule has 0 radical (unpaired) electrons. The highest BCUT2D eigenvalue weighted by atomic mass is 35.5. The number of halogens is 3. The zero-order valence-electron chi connectivity index (χ0n) is 14.3. The van der Waals surface area contributed by atoms with Crippen molar-refractivity contribution in [1.82, 2.24) is 10.3 Å². The van der Waals surface area contributed by atoms with E-state index in [-0.39, 0.29) is 18.1 Å². The Morgan fingerprint density at radius 2 is 1.85 bits per heavy atom. The third kappa shape index (κ3) is 5.55. The van der Waals surface area contributed by atoms with E-state index in [1.807, 2.05) is 12.1 Å². The molecule has 0 fully saturated rings. The minimum atomic E-state index is -0.376. The monoisotopic (exact) mass is 406 g/mol. The van der Waals surface area contributed by atoms with Gasteiger partial charge in [-0.2, -0.15) is 0 Å². The van der Waals surface area contributed by atoms with Crippen LogP contribution in [0.5, 0.6) is 0 Å². The van der Waals surface area contributed by atoms with Crippen molar-refractivity contribution in [2.45, 2.75) is 19.3 Å². The van der Waals surface area contributed by atoms with E-state index >= 15 is 0 Å². The highest BCUT2D eigenvalue weighted by Crippen LogP contribution is 2.23. The molecule has 3 rings (SSSR count). The van der Waals surface area contributed by atoms with Gasteiger partial charge in [0.2, 0.25) is 5.91 Å². The average Bonchev–Trinajstić information content (AvgIpc) is 3.08. The van der Waals surface area contributed by atoms with Gasteiger partial charge in [0.15, 0.2) is 11.7 Å². The average molecular weight is 407 g/mol. The van der Waals surface area contributed by atoms with E-state index in [2.05, 4.69) is 10.3 Å². The van der Waals surface area contributed by atoms with Crippen molar-refractivity contribution in [2.75, 3.05) is 6.54 Å². The molecule has 1 heterocycles. The molecule has 0 spiro atoms. The number of aromatic nitrogens is 1. The second-order valence-electron chi connectivity index (χ2n) is 5.98. The number of carbonyl (C=O) groups excluding carboxylic acids is 1. The highest BCUT2D eigenvalue weighted by molar-refractivity contribution is 6.34. The molecule has 4 nitrogen and oxygen atoms in total. The SMILES string of the molecule is O=C(CCc1ncc(-c2ccccc2F)o1)NCCc1cc(Cl)cc(Cl)c1. The van der Waals surface area contributed by atoms with Crippen LogP contribution >= 0.6 is 23.2 Å². The van der Waals surface area contributed by atoms with Gasteiger partial charge in [-0.25, -0.2) is 9.37 Å². The molecule has 0 saturated carbocycles. The van der Waals surface area contributed by atoms with E-state index in [1.54, 1.807) is 24.3 Å². The first-order valence-corrected chi connectivity index (χ1v) is 9.18. The van der Waals surface area contributed by atoms with Crippen molar-refractivity contribution in [1.29, 1.82) is 0 Å². The number of rotatable bonds is 7. The van der Waals surface area contributed by atoms with Crippen LogP contribution in [0.4, 0.5) is 4.39 Å². The standard InChI is InChI=1S/C20H17Cl2FN2O2/c21-14-9-13(10-15(22)11-14)7-8-24-19(26)5-6-20-25-12-18(27-20)16-3-1-2-4-17(16)23/h1-4,9-12H,5-8H2,(H,24,26). The third-order valence-corrected chi connectivity index (χ3v) is 4.35. The Morgan fingerprint density at radius 3 is 2.59 bits per heavy atom. The van der Waals surface area contributed by atoms with Gasteiger partial charge < -0.3 is 9.73 Å². The van der Waals surface area contributed by atoms with E-state index in [4.69, 9.17) is 27.6 Å². The van der Waals surface area contributed by atoms with Gasteiger partial charge >= 0.3 is 0 Å². The van der Waals surface area contributed by atoms with Crippen LogP contribution < -0.4 is 5.32 Å². The summed E-state index contributed by atoms with van der Waals surface area (Å²) >= 11 is 11.9. The van der Waals surface area contributed by atoms with Crippen molar-refractivity contribution in [2.24, 2.45) is 0 Å². The van der Waals surface area contributed by atoms with Crippen LogP contribution in [0.25, 0.3) is 11.3 Å². The quantitative estimate of drug-likeness (QED) is 0.595. The Morgan fingerprint density at radius 1 is 1.11 bits per heavy atom. The van der Waals surface area contributed by atoms with Crippen LogP contribution in [0.1, 0.15) is 17.9 Å². The largest absolute Gasteiger partial charge is 0.441 e. The molecule has 0 aliphatic heterocycles. The lowest BCUT2D eigenvalue weighted by molar-refractivity contribution is -0.121. The fourth-order valence-corrected chi connectivity index (χ4v) is 3.19. The molecular weight excluding hydrogens is 390 g/mol. The number of amides is 1. The van der Waals surface area contributed by atoms with Crippen molar-refractivity contribution >= 4 is 29.1 Å². The lowest BCUT2D eigenvalue weighted by Crippen LogP contribution is -2.25. The van der Waals surface area contributed by atoms with Gasteiger partial charge in [0.05, 0.1) is 11.8 Å². The summed E-state index contributed by atoms with van der Waals surface area (Å²) < 4.78 is 19.3. The van der Waals surface area contributed by atoms with Crippen molar-refractivity contribution in [3.63, 3.8) is 0 Å². The van der Waals surface area contributed by atoms with Crippen molar-refractivity contribution in [3.8, 4) is 11.3 Å².